The summed E-state index contributed by atoms with van der Waals surface area (Å²) in [6.45, 7) is 3.72. The van der Waals surface area contributed by atoms with Crippen molar-refractivity contribution >= 4 is 45.1 Å². The number of amides is 2. The predicted octanol–water partition coefficient (Wildman–Crippen LogP) is 0.903. The molecular weight excluding hydrogens is 336 g/mol. The van der Waals surface area contributed by atoms with Crippen LogP contribution in [0.4, 0.5) is 0 Å². The molecule has 23 heavy (non-hydrogen) atoms. The second-order valence-corrected chi connectivity index (χ2v) is 7.27. The Morgan fingerprint density at radius 2 is 1.87 bits per heavy atom. The first-order chi connectivity index (χ1) is 10.7. The lowest BCUT2D eigenvalue weighted by atomic mass is 10.1. The van der Waals surface area contributed by atoms with Crippen molar-refractivity contribution in [3.63, 3.8) is 0 Å². The minimum absolute atomic E-state index is 0.0319. The zero-order chi connectivity index (χ0) is 17.2. The third-order valence-corrected chi connectivity index (χ3v) is 4.57. The van der Waals surface area contributed by atoms with Crippen molar-refractivity contribution in [2.45, 2.75) is 4.90 Å². The molecule has 2 rings (SSSR count). The average molecular weight is 350 g/mol. The van der Waals surface area contributed by atoms with Crippen LogP contribution in [0.15, 0.2) is 47.4 Å². The molecule has 1 saturated heterocycles. The summed E-state index contributed by atoms with van der Waals surface area (Å²) in [7, 11) is -3.30. The zero-order valence-electron chi connectivity index (χ0n) is 12.3. The van der Waals surface area contributed by atoms with Crippen LogP contribution in [0.3, 0.4) is 0 Å². The Bertz CT molecular complexity index is 824. The van der Waals surface area contributed by atoms with E-state index in [0.29, 0.717) is 5.56 Å². The number of nitrogens with one attached hydrogen (secondary N) is 1. The first-order valence-electron chi connectivity index (χ1n) is 6.54. The molecule has 1 heterocycles. The minimum atomic E-state index is -3.30. The van der Waals surface area contributed by atoms with Crippen molar-refractivity contribution in [1.82, 2.24) is 10.2 Å². The highest BCUT2D eigenvalue weighted by molar-refractivity contribution is 7.90. The van der Waals surface area contributed by atoms with E-state index in [1.54, 1.807) is 0 Å². The van der Waals surface area contributed by atoms with Crippen LogP contribution in [-0.4, -0.2) is 43.0 Å². The van der Waals surface area contributed by atoms with Gasteiger partial charge >= 0.3 is 0 Å². The molecule has 0 atom stereocenters. The molecule has 1 aliphatic rings. The van der Waals surface area contributed by atoms with Crippen LogP contribution >= 0.6 is 12.2 Å². The number of thiocarbonyl (C=S) groups is 1. The summed E-state index contributed by atoms with van der Waals surface area (Å²) in [5.41, 5.74) is 0.454. The van der Waals surface area contributed by atoms with E-state index in [1.165, 1.54) is 41.3 Å². The van der Waals surface area contributed by atoms with Gasteiger partial charge in [-0.2, -0.15) is 0 Å². The lowest BCUT2D eigenvalue weighted by molar-refractivity contribution is -0.128. The molecule has 0 unspecified atom stereocenters. The summed E-state index contributed by atoms with van der Waals surface area (Å²) in [4.78, 5) is 25.7. The largest absolute Gasteiger partial charge is 0.298 e. The van der Waals surface area contributed by atoms with Crippen LogP contribution in [0.1, 0.15) is 5.56 Å². The van der Waals surface area contributed by atoms with Gasteiger partial charge in [0.25, 0.3) is 11.8 Å². The summed E-state index contributed by atoms with van der Waals surface area (Å²) >= 11 is 4.95. The van der Waals surface area contributed by atoms with E-state index in [0.717, 1.165) is 6.26 Å². The topological polar surface area (TPSA) is 83.6 Å². The van der Waals surface area contributed by atoms with Crippen LogP contribution in [-0.2, 0) is 19.4 Å². The molecule has 0 radical (unpaired) electrons. The van der Waals surface area contributed by atoms with E-state index >= 15 is 0 Å². The van der Waals surface area contributed by atoms with Gasteiger partial charge in [-0.1, -0.05) is 18.2 Å². The smallest absolute Gasteiger partial charge is 0.265 e. The maximum atomic E-state index is 12.3. The van der Waals surface area contributed by atoms with Gasteiger partial charge in [-0.25, -0.2) is 8.42 Å². The lowest BCUT2D eigenvalue weighted by Gasteiger charge is -2.27. The normalized spacial score (nSPS) is 17.3. The molecule has 0 aliphatic carbocycles. The van der Waals surface area contributed by atoms with Gasteiger partial charge in [0, 0.05) is 12.8 Å². The second kappa shape index (κ2) is 6.43. The Kier molecular flexibility index (Phi) is 4.76. The molecule has 1 aliphatic heterocycles. The van der Waals surface area contributed by atoms with E-state index in [4.69, 9.17) is 12.2 Å². The highest BCUT2D eigenvalue weighted by Gasteiger charge is 2.32. The molecular formula is C15H14N2O4S2. The van der Waals surface area contributed by atoms with Gasteiger partial charge in [-0.15, -0.1) is 6.58 Å². The number of hydrogen-bond acceptors (Lipinski definition) is 5. The number of carbonyl (C=O) groups excluding carboxylic acids is 2. The van der Waals surface area contributed by atoms with Gasteiger partial charge in [0.2, 0.25) is 0 Å². The van der Waals surface area contributed by atoms with Crippen molar-refractivity contribution in [1.29, 1.82) is 0 Å². The second-order valence-electron chi connectivity index (χ2n) is 4.86. The van der Waals surface area contributed by atoms with Crippen molar-refractivity contribution in [3.8, 4) is 0 Å². The number of sulfone groups is 1. The summed E-state index contributed by atoms with van der Waals surface area (Å²) in [5.74, 6) is -1.11. The molecule has 120 valence electrons. The Balaban J connectivity index is 2.37. The van der Waals surface area contributed by atoms with Crippen LogP contribution in [0.5, 0.6) is 0 Å². The monoisotopic (exact) mass is 350 g/mol. The molecule has 1 N–H and O–H groups in total. The van der Waals surface area contributed by atoms with Crippen molar-refractivity contribution in [3.05, 3.63) is 48.1 Å². The molecule has 2 amide bonds. The fraction of sp³-hybridized carbons (Fsp3) is 0.133. The summed E-state index contributed by atoms with van der Waals surface area (Å²) in [6.07, 6.45) is 3.99. The molecule has 0 saturated carbocycles. The van der Waals surface area contributed by atoms with Crippen LogP contribution in [0, 0.1) is 0 Å². The van der Waals surface area contributed by atoms with E-state index in [2.05, 4.69) is 11.9 Å². The zero-order valence-corrected chi connectivity index (χ0v) is 13.9. The fourth-order valence-corrected chi connectivity index (χ4v) is 2.85. The number of hydrogen-bond donors (Lipinski definition) is 1. The van der Waals surface area contributed by atoms with E-state index in [1.807, 2.05) is 0 Å². The van der Waals surface area contributed by atoms with Crippen molar-refractivity contribution in [2.24, 2.45) is 0 Å². The average Bonchev–Trinajstić information content (AvgIpc) is 2.47. The molecule has 0 bridgehead atoms. The van der Waals surface area contributed by atoms with Gasteiger partial charge in [-0.05, 0) is 36.0 Å². The summed E-state index contributed by atoms with van der Waals surface area (Å²) in [5, 5.41) is 2.47. The van der Waals surface area contributed by atoms with Gasteiger partial charge in [0.15, 0.2) is 14.9 Å². The lowest BCUT2D eigenvalue weighted by Crippen LogP contribution is -2.53. The maximum Gasteiger partial charge on any atom is 0.265 e. The predicted molar refractivity (Wildman–Crippen MR) is 90.2 cm³/mol. The Labute approximate surface area is 139 Å². The van der Waals surface area contributed by atoms with Crippen LogP contribution in [0.2, 0.25) is 0 Å². The quantitative estimate of drug-likeness (QED) is 0.378. The highest BCUT2D eigenvalue weighted by Crippen LogP contribution is 2.16. The van der Waals surface area contributed by atoms with Crippen LogP contribution < -0.4 is 5.32 Å². The van der Waals surface area contributed by atoms with Gasteiger partial charge in [0.1, 0.15) is 5.57 Å². The standard InChI is InChI=1S/C15H14N2O4S2/c1-3-8-17-14(19)12(13(18)16-15(17)22)9-10-4-6-11(7-5-10)23(2,20)21/h3-7,9H,1,8H2,2H3,(H,16,18,22)/b12-9+. The van der Waals surface area contributed by atoms with Gasteiger partial charge in [-0.3, -0.25) is 19.8 Å². The SMILES string of the molecule is C=CCN1C(=O)/C(=C/c2ccc(S(C)(=O)=O)cc2)C(=O)NC1=S. The Hall–Kier alpha value is -2.32. The third kappa shape index (κ3) is 3.72. The molecule has 0 spiro atoms. The first kappa shape index (κ1) is 17.0. The molecule has 8 heteroatoms. The molecule has 1 aromatic rings. The van der Waals surface area contributed by atoms with Crippen molar-refractivity contribution in [2.75, 3.05) is 12.8 Å². The van der Waals surface area contributed by atoms with E-state index in [-0.39, 0.29) is 22.1 Å². The summed E-state index contributed by atoms with van der Waals surface area (Å²) in [6, 6.07) is 5.88. The minimum Gasteiger partial charge on any atom is -0.298 e. The highest BCUT2D eigenvalue weighted by atomic mass is 32.2. The molecule has 6 nitrogen and oxygen atoms in total. The number of benzene rings is 1. The van der Waals surface area contributed by atoms with Crippen molar-refractivity contribution < 1.29 is 18.0 Å². The number of nitrogens with zero attached hydrogens (tertiary/aromatic N) is 1. The summed E-state index contributed by atoms with van der Waals surface area (Å²) < 4.78 is 22.9. The molecule has 0 aromatic heterocycles. The Morgan fingerprint density at radius 3 is 2.39 bits per heavy atom. The van der Waals surface area contributed by atoms with Crippen LogP contribution in [0.25, 0.3) is 6.08 Å². The van der Waals surface area contributed by atoms with Gasteiger partial charge < -0.3 is 0 Å². The fourth-order valence-electron chi connectivity index (χ4n) is 1.97. The third-order valence-electron chi connectivity index (χ3n) is 3.12. The van der Waals surface area contributed by atoms with E-state index in [9.17, 15) is 18.0 Å². The van der Waals surface area contributed by atoms with Gasteiger partial charge in [0.05, 0.1) is 4.90 Å². The molecule has 1 aromatic carbocycles. The first-order valence-corrected chi connectivity index (χ1v) is 8.84. The molecule has 1 fully saturated rings. The number of carbonyl (C=O) groups is 2. The maximum absolute atomic E-state index is 12.3. The van der Waals surface area contributed by atoms with E-state index < -0.39 is 21.7 Å². The Morgan fingerprint density at radius 1 is 1.26 bits per heavy atom. The number of rotatable bonds is 4.